The number of rotatable bonds is 11. The van der Waals surface area contributed by atoms with Gasteiger partial charge in [0.05, 0.1) is 49.8 Å². The molecule has 2 heterocycles. The van der Waals surface area contributed by atoms with Gasteiger partial charge in [0.1, 0.15) is 41.0 Å². The minimum Gasteiger partial charge on any atom is -0.497 e. The standard InChI is InChI=1S/C39H42O11/c1-21(40)48-36-19-27-31(44-5)20-35(47-8)37(39(27)50-38(36)23-10-14-29(43-4)34(16-23)46-7)26-18-30(22-9-13-28(42-3)33(15-22)45-6)49-32-17-24(41-2)11-12-25(26)32/h9-17,20,26,30,36,38H,18-19H2,1-8H3/t26-,30-,36-,38-/m1/s1. The molecule has 0 unspecified atom stereocenters. The first kappa shape index (κ1) is 34.4. The third-order valence-electron chi connectivity index (χ3n) is 9.27. The highest BCUT2D eigenvalue weighted by Crippen LogP contribution is 2.56. The second-order valence-corrected chi connectivity index (χ2v) is 11.9. The molecule has 0 saturated heterocycles. The van der Waals surface area contributed by atoms with Gasteiger partial charge in [-0.2, -0.15) is 0 Å². The number of ether oxygens (including phenoxy) is 10. The summed E-state index contributed by atoms with van der Waals surface area (Å²) in [6, 6.07) is 19.0. The molecule has 50 heavy (non-hydrogen) atoms. The van der Waals surface area contributed by atoms with Crippen LogP contribution in [0.3, 0.4) is 0 Å². The van der Waals surface area contributed by atoms with Crippen molar-refractivity contribution in [2.24, 2.45) is 0 Å². The molecule has 0 N–H and O–H groups in total. The topological polar surface area (TPSA) is 109 Å². The summed E-state index contributed by atoms with van der Waals surface area (Å²) in [5, 5.41) is 0. The van der Waals surface area contributed by atoms with E-state index in [4.69, 9.17) is 47.4 Å². The van der Waals surface area contributed by atoms with E-state index in [1.807, 2.05) is 54.6 Å². The predicted molar refractivity (Wildman–Crippen MR) is 184 cm³/mol. The van der Waals surface area contributed by atoms with Crippen molar-refractivity contribution < 1.29 is 52.2 Å². The van der Waals surface area contributed by atoms with Crippen LogP contribution in [-0.2, 0) is 16.0 Å². The van der Waals surface area contributed by atoms with Crippen LogP contribution in [0.4, 0.5) is 0 Å². The van der Waals surface area contributed by atoms with Crippen LogP contribution in [0.2, 0.25) is 0 Å². The lowest BCUT2D eigenvalue weighted by molar-refractivity contribution is -0.152. The fraction of sp³-hybridized carbons (Fsp3) is 0.359. The van der Waals surface area contributed by atoms with E-state index >= 15 is 0 Å². The summed E-state index contributed by atoms with van der Waals surface area (Å²) in [5.74, 6) is 4.66. The highest BCUT2D eigenvalue weighted by Gasteiger charge is 2.42. The van der Waals surface area contributed by atoms with Gasteiger partial charge < -0.3 is 47.4 Å². The molecule has 6 rings (SSSR count). The van der Waals surface area contributed by atoms with Crippen LogP contribution < -0.4 is 42.6 Å². The largest absolute Gasteiger partial charge is 0.497 e. The molecule has 0 aliphatic carbocycles. The number of carbonyl (C=O) groups is 1. The Kier molecular flexibility index (Phi) is 10.0. The SMILES string of the molecule is COc1ccc2c(c1)O[C@@H](c1ccc(OC)c(OC)c1)C[C@H]2c1c(OC)cc(OC)c2c1O[C@H](c1ccc(OC)c(OC)c1)[C@H](OC(C)=O)C2. The maximum Gasteiger partial charge on any atom is 0.303 e. The molecule has 0 fully saturated rings. The quantitative estimate of drug-likeness (QED) is 0.152. The molecule has 0 saturated carbocycles. The fourth-order valence-electron chi connectivity index (χ4n) is 6.92. The van der Waals surface area contributed by atoms with Crippen LogP contribution >= 0.6 is 0 Å². The first-order valence-corrected chi connectivity index (χ1v) is 16.2. The van der Waals surface area contributed by atoms with E-state index in [1.54, 1.807) is 55.8 Å². The summed E-state index contributed by atoms with van der Waals surface area (Å²) in [6.45, 7) is 1.39. The van der Waals surface area contributed by atoms with Crippen molar-refractivity contribution in [2.75, 3.05) is 49.8 Å². The summed E-state index contributed by atoms with van der Waals surface area (Å²) in [4.78, 5) is 12.4. The van der Waals surface area contributed by atoms with Crippen LogP contribution in [0.1, 0.15) is 59.3 Å². The van der Waals surface area contributed by atoms with Crippen molar-refractivity contribution in [3.8, 4) is 51.7 Å². The van der Waals surface area contributed by atoms with Gasteiger partial charge in [-0.25, -0.2) is 0 Å². The van der Waals surface area contributed by atoms with E-state index in [1.165, 1.54) is 6.92 Å². The third-order valence-corrected chi connectivity index (χ3v) is 9.27. The Morgan fingerprint density at radius 2 is 1.26 bits per heavy atom. The molecule has 0 amide bonds. The second kappa shape index (κ2) is 14.6. The molecule has 0 spiro atoms. The van der Waals surface area contributed by atoms with Crippen molar-refractivity contribution >= 4 is 5.97 Å². The van der Waals surface area contributed by atoms with E-state index in [-0.39, 0.29) is 12.0 Å². The van der Waals surface area contributed by atoms with E-state index in [9.17, 15) is 4.79 Å². The second-order valence-electron chi connectivity index (χ2n) is 11.9. The highest BCUT2D eigenvalue weighted by atomic mass is 16.6. The number of fused-ring (bicyclic) bond motifs is 2. The molecule has 0 aromatic heterocycles. The molecule has 11 heteroatoms. The van der Waals surface area contributed by atoms with Crippen LogP contribution in [0.15, 0.2) is 60.7 Å². The molecule has 4 atom stereocenters. The maximum atomic E-state index is 12.4. The smallest absolute Gasteiger partial charge is 0.303 e. The summed E-state index contributed by atoms with van der Waals surface area (Å²) < 4.78 is 59.4. The zero-order valence-corrected chi connectivity index (χ0v) is 29.5. The molecular weight excluding hydrogens is 644 g/mol. The first-order valence-electron chi connectivity index (χ1n) is 16.2. The highest BCUT2D eigenvalue weighted by molar-refractivity contribution is 5.67. The summed E-state index contributed by atoms with van der Waals surface area (Å²) in [7, 11) is 11.2. The molecule has 2 aliphatic rings. The lowest BCUT2D eigenvalue weighted by Crippen LogP contribution is -2.35. The lowest BCUT2D eigenvalue weighted by atomic mass is 9.79. The minimum atomic E-state index is -0.696. The molecule has 11 nitrogen and oxygen atoms in total. The first-order chi connectivity index (χ1) is 24.3. The van der Waals surface area contributed by atoms with Gasteiger partial charge in [0.25, 0.3) is 0 Å². The number of benzene rings is 4. The summed E-state index contributed by atoms with van der Waals surface area (Å²) in [6.07, 6.45) is -0.897. The van der Waals surface area contributed by atoms with Crippen LogP contribution in [-0.4, -0.2) is 61.8 Å². The molecule has 264 valence electrons. The van der Waals surface area contributed by atoms with Crippen LogP contribution in [0.25, 0.3) is 0 Å². The van der Waals surface area contributed by atoms with Crippen molar-refractivity contribution in [3.63, 3.8) is 0 Å². The number of hydrogen-bond donors (Lipinski definition) is 0. The normalized spacial score (nSPS) is 19.0. The molecular formula is C39H42O11. The fourth-order valence-corrected chi connectivity index (χ4v) is 6.92. The van der Waals surface area contributed by atoms with E-state index < -0.39 is 18.2 Å². The van der Waals surface area contributed by atoms with Gasteiger partial charge in [0.15, 0.2) is 29.1 Å². The summed E-state index contributed by atoms with van der Waals surface area (Å²) >= 11 is 0. The number of esters is 1. The molecule has 0 radical (unpaired) electrons. The third kappa shape index (κ3) is 6.35. The van der Waals surface area contributed by atoms with Crippen LogP contribution in [0.5, 0.6) is 51.7 Å². The predicted octanol–water partition coefficient (Wildman–Crippen LogP) is 7.01. The minimum absolute atomic E-state index is 0.270. The van der Waals surface area contributed by atoms with E-state index in [0.717, 1.165) is 27.8 Å². The van der Waals surface area contributed by atoms with Gasteiger partial charge in [-0.1, -0.05) is 18.2 Å². The number of hydrogen-bond acceptors (Lipinski definition) is 11. The average Bonchev–Trinajstić information content (AvgIpc) is 3.15. The van der Waals surface area contributed by atoms with Gasteiger partial charge in [-0.15, -0.1) is 0 Å². The average molecular weight is 687 g/mol. The Bertz CT molecular complexity index is 1870. The van der Waals surface area contributed by atoms with Crippen molar-refractivity contribution in [1.82, 2.24) is 0 Å². The Hall–Kier alpha value is -5.45. The molecule has 4 aromatic carbocycles. The van der Waals surface area contributed by atoms with Crippen molar-refractivity contribution in [3.05, 3.63) is 88.5 Å². The zero-order chi connectivity index (χ0) is 35.5. The molecule has 2 aliphatic heterocycles. The number of carbonyl (C=O) groups excluding carboxylic acids is 1. The van der Waals surface area contributed by atoms with E-state index in [0.29, 0.717) is 64.6 Å². The Morgan fingerprint density at radius 1 is 0.640 bits per heavy atom. The van der Waals surface area contributed by atoms with Crippen LogP contribution in [0, 0.1) is 0 Å². The van der Waals surface area contributed by atoms with Gasteiger partial charge in [0, 0.05) is 53.6 Å². The van der Waals surface area contributed by atoms with Crippen molar-refractivity contribution in [2.45, 2.75) is 44.0 Å². The monoisotopic (exact) mass is 686 g/mol. The van der Waals surface area contributed by atoms with Crippen molar-refractivity contribution in [1.29, 1.82) is 0 Å². The Balaban J connectivity index is 1.54. The zero-order valence-electron chi connectivity index (χ0n) is 29.5. The molecule has 0 bridgehead atoms. The van der Waals surface area contributed by atoms with Gasteiger partial charge >= 0.3 is 5.97 Å². The number of methoxy groups -OCH3 is 7. The van der Waals surface area contributed by atoms with Gasteiger partial charge in [0.2, 0.25) is 0 Å². The Morgan fingerprint density at radius 3 is 1.86 bits per heavy atom. The maximum absolute atomic E-state index is 12.4. The Labute approximate surface area is 291 Å². The lowest BCUT2D eigenvalue weighted by Gasteiger charge is -2.39. The van der Waals surface area contributed by atoms with Gasteiger partial charge in [-0.3, -0.25) is 4.79 Å². The molecule has 4 aromatic rings. The van der Waals surface area contributed by atoms with E-state index in [2.05, 4.69) is 0 Å². The van der Waals surface area contributed by atoms with Gasteiger partial charge in [-0.05, 0) is 42.3 Å². The summed E-state index contributed by atoms with van der Waals surface area (Å²) in [5.41, 5.74) is 4.15.